The van der Waals surface area contributed by atoms with Gasteiger partial charge in [-0.1, -0.05) is 0 Å². The molecule has 0 spiro atoms. The molecule has 2 aliphatic heterocycles. The van der Waals surface area contributed by atoms with Gasteiger partial charge in [0.05, 0.1) is 24.4 Å². The van der Waals surface area contributed by atoms with Crippen molar-refractivity contribution in [2.45, 2.75) is 58.1 Å². The van der Waals surface area contributed by atoms with Crippen molar-refractivity contribution in [2.75, 3.05) is 26.3 Å². The molecule has 1 amide bonds. The maximum absolute atomic E-state index is 12.0. The van der Waals surface area contributed by atoms with E-state index in [2.05, 4.69) is 0 Å². The predicted octanol–water partition coefficient (Wildman–Crippen LogP) is 1.72. The minimum atomic E-state index is -0.286. The highest BCUT2D eigenvalue weighted by atomic mass is 16.7. The van der Waals surface area contributed by atoms with E-state index in [1.807, 2.05) is 32.6 Å². The molecule has 2 heterocycles. The average molecular weight is 283 g/mol. The number of hydrogen-bond acceptors (Lipinski definition) is 4. The van der Waals surface area contributed by atoms with Crippen LogP contribution in [-0.2, 0) is 18.8 Å². The third kappa shape index (κ3) is 3.54. The molecule has 5 nitrogen and oxygen atoms in total. The third-order valence-corrected chi connectivity index (χ3v) is 4.50. The topological polar surface area (TPSA) is 48.0 Å². The van der Waals surface area contributed by atoms with Crippen LogP contribution in [0.15, 0.2) is 0 Å². The fourth-order valence-corrected chi connectivity index (χ4v) is 2.47. The van der Waals surface area contributed by atoms with Crippen molar-refractivity contribution in [3.8, 4) is 0 Å². The third-order valence-electron chi connectivity index (χ3n) is 4.50. The second-order valence-corrected chi connectivity index (χ2v) is 6.57. The molecule has 2 fully saturated rings. The average Bonchev–Trinajstić information content (AvgIpc) is 2.58. The molecular formula is C14H26BNO4. The summed E-state index contributed by atoms with van der Waals surface area (Å²) in [5.41, 5.74) is -0.572. The molecule has 2 aliphatic rings. The SMILES string of the molecule is CC1(C)OB(CCCC(=O)N2CCOCC2)OC1(C)C. The summed E-state index contributed by atoms with van der Waals surface area (Å²) in [5, 5.41) is 0. The minimum absolute atomic E-state index is 0.197. The summed E-state index contributed by atoms with van der Waals surface area (Å²) in [6.07, 6.45) is 2.13. The Kier molecular flexibility index (Phi) is 4.77. The van der Waals surface area contributed by atoms with E-state index in [4.69, 9.17) is 14.0 Å². The zero-order chi connectivity index (χ0) is 14.8. The second kappa shape index (κ2) is 6.04. The monoisotopic (exact) mass is 283 g/mol. The minimum Gasteiger partial charge on any atom is -0.403 e. The molecule has 0 saturated carbocycles. The van der Waals surface area contributed by atoms with Gasteiger partial charge in [-0.05, 0) is 40.4 Å². The normalized spacial score (nSPS) is 25.0. The highest BCUT2D eigenvalue weighted by Crippen LogP contribution is 2.38. The molecule has 0 N–H and O–H groups in total. The maximum atomic E-state index is 12.0. The summed E-state index contributed by atoms with van der Waals surface area (Å²) in [7, 11) is -0.197. The van der Waals surface area contributed by atoms with E-state index >= 15 is 0 Å². The zero-order valence-electron chi connectivity index (χ0n) is 13.1. The Balaban J connectivity index is 1.70. The van der Waals surface area contributed by atoms with Crippen LogP contribution < -0.4 is 0 Å². The van der Waals surface area contributed by atoms with Crippen LogP contribution in [0.3, 0.4) is 0 Å². The van der Waals surface area contributed by atoms with Crippen LogP contribution in [0.5, 0.6) is 0 Å². The summed E-state index contributed by atoms with van der Waals surface area (Å²) < 4.78 is 17.1. The quantitative estimate of drug-likeness (QED) is 0.737. The first-order valence-corrected chi connectivity index (χ1v) is 7.53. The van der Waals surface area contributed by atoms with Crippen LogP contribution in [0, 0.1) is 0 Å². The Morgan fingerprint density at radius 2 is 1.65 bits per heavy atom. The summed E-state index contributed by atoms with van der Waals surface area (Å²) in [4.78, 5) is 13.9. The van der Waals surface area contributed by atoms with Gasteiger partial charge in [0.1, 0.15) is 0 Å². The van der Waals surface area contributed by atoms with Gasteiger partial charge in [0.15, 0.2) is 0 Å². The lowest BCUT2D eigenvalue weighted by Gasteiger charge is -2.32. The van der Waals surface area contributed by atoms with E-state index in [0.29, 0.717) is 19.6 Å². The Hall–Kier alpha value is -0.585. The lowest BCUT2D eigenvalue weighted by molar-refractivity contribution is -0.135. The van der Waals surface area contributed by atoms with Gasteiger partial charge in [0.25, 0.3) is 0 Å². The first kappa shape index (κ1) is 15.8. The molecule has 0 aromatic heterocycles. The molecule has 0 unspecified atom stereocenters. The standard InChI is InChI=1S/C14H26BNO4/c1-13(2)14(3,4)20-15(19-13)7-5-6-12(17)16-8-10-18-11-9-16/h5-11H2,1-4H3. The van der Waals surface area contributed by atoms with Gasteiger partial charge in [0, 0.05) is 19.5 Å². The highest BCUT2D eigenvalue weighted by Gasteiger charge is 2.50. The number of morpholine rings is 1. The van der Waals surface area contributed by atoms with E-state index in [0.717, 1.165) is 25.8 Å². The predicted molar refractivity (Wildman–Crippen MR) is 77.5 cm³/mol. The maximum Gasteiger partial charge on any atom is 0.457 e. The van der Waals surface area contributed by atoms with Gasteiger partial charge in [-0.3, -0.25) is 4.79 Å². The first-order valence-electron chi connectivity index (χ1n) is 7.53. The molecule has 0 bridgehead atoms. The molecule has 2 saturated heterocycles. The Bertz CT molecular complexity index is 337. The first-order chi connectivity index (χ1) is 9.32. The number of carbonyl (C=O) groups is 1. The van der Waals surface area contributed by atoms with E-state index in [9.17, 15) is 4.79 Å². The molecule has 114 valence electrons. The van der Waals surface area contributed by atoms with Crippen LogP contribution in [0.1, 0.15) is 40.5 Å². The molecule has 20 heavy (non-hydrogen) atoms. The smallest absolute Gasteiger partial charge is 0.403 e. The van der Waals surface area contributed by atoms with Crippen molar-refractivity contribution in [3.05, 3.63) is 0 Å². The van der Waals surface area contributed by atoms with Crippen molar-refractivity contribution in [3.63, 3.8) is 0 Å². The summed E-state index contributed by atoms with van der Waals surface area (Å²) >= 11 is 0. The van der Waals surface area contributed by atoms with Crippen molar-refractivity contribution in [1.29, 1.82) is 0 Å². The van der Waals surface area contributed by atoms with Crippen molar-refractivity contribution in [2.24, 2.45) is 0 Å². The fraction of sp³-hybridized carbons (Fsp3) is 0.929. The Morgan fingerprint density at radius 3 is 2.20 bits per heavy atom. The number of amides is 1. The van der Waals surface area contributed by atoms with Crippen LogP contribution in [0.25, 0.3) is 0 Å². The lowest BCUT2D eigenvalue weighted by atomic mass is 9.82. The molecular weight excluding hydrogens is 257 g/mol. The van der Waals surface area contributed by atoms with Gasteiger partial charge in [0.2, 0.25) is 5.91 Å². The van der Waals surface area contributed by atoms with Crippen LogP contribution >= 0.6 is 0 Å². The van der Waals surface area contributed by atoms with Crippen LogP contribution in [0.4, 0.5) is 0 Å². The number of carbonyl (C=O) groups excluding carboxylic acids is 1. The van der Waals surface area contributed by atoms with Crippen molar-refractivity contribution < 1.29 is 18.8 Å². The molecule has 0 atom stereocenters. The fourth-order valence-electron chi connectivity index (χ4n) is 2.47. The van der Waals surface area contributed by atoms with E-state index in [-0.39, 0.29) is 24.2 Å². The lowest BCUT2D eigenvalue weighted by Crippen LogP contribution is -2.41. The van der Waals surface area contributed by atoms with Crippen LogP contribution in [-0.4, -0.2) is 55.4 Å². The van der Waals surface area contributed by atoms with Gasteiger partial charge >= 0.3 is 7.12 Å². The Morgan fingerprint density at radius 1 is 1.10 bits per heavy atom. The molecule has 6 heteroatoms. The summed E-state index contributed by atoms with van der Waals surface area (Å²) in [6, 6.07) is 0. The van der Waals surface area contributed by atoms with Gasteiger partial charge in [-0.15, -0.1) is 0 Å². The van der Waals surface area contributed by atoms with E-state index in [1.165, 1.54) is 0 Å². The molecule has 2 rings (SSSR count). The summed E-state index contributed by atoms with van der Waals surface area (Å²) in [5.74, 6) is 0.213. The molecule has 0 aromatic carbocycles. The number of rotatable bonds is 4. The summed E-state index contributed by atoms with van der Waals surface area (Å²) in [6.45, 7) is 10.9. The van der Waals surface area contributed by atoms with Gasteiger partial charge < -0.3 is 18.9 Å². The van der Waals surface area contributed by atoms with Crippen molar-refractivity contribution >= 4 is 13.0 Å². The molecule has 0 radical (unpaired) electrons. The van der Waals surface area contributed by atoms with E-state index in [1.54, 1.807) is 0 Å². The van der Waals surface area contributed by atoms with Crippen molar-refractivity contribution in [1.82, 2.24) is 4.90 Å². The van der Waals surface area contributed by atoms with E-state index < -0.39 is 0 Å². The van der Waals surface area contributed by atoms with Gasteiger partial charge in [-0.2, -0.15) is 0 Å². The van der Waals surface area contributed by atoms with Crippen LogP contribution in [0.2, 0.25) is 6.32 Å². The second-order valence-electron chi connectivity index (χ2n) is 6.57. The number of nitrogens with zero attached hydrogens (tertiary/aromatic N) is 1. The molecule has 0 aromatic rings. The number of ether oxygens (including phenoxy) is 1. The Labute approximate surface area is 122 Å². The highest BCUT2D eigenvalue weighted by molar-refractivity contribution is 6.45. The largest absolute Gasteiger partial charge is 0.457 e. The molecule has 0 aliphatic carbocycles. The number of hydrogen-bond donors (Lipinski definition) is 0. The zero-order valence-corrected chi connectivity index (χ0v) is 13.1. The van der Waals surface area contributed by atoms with Gasteiger partial charge in [-0.25, -0.2) is 0 Å².